The van der Waals surface area contributed by atoms with Crippen LogP contribution in [0.3, 0.4) is 0 Å². The Morgan fingerprint density at radius 3 is 3.00 bits per heavy atom. The number of rotatable bonds is 2. The largest absolute Gasteiger partial charge is 0.384 e. The van der Waals surface area contributed by atoms with Crippen molar-refractivity contribution in [3.05, 3.63) is 21.4 Å². The summed E-state index contributed by atoms with van der Waals surface area (Å²) in [5.74, 6) is 6.47. The zero-order chi connectivity index (χ0) is 15.2. The number of thiophene rings is 1. The van der Waals surface area contributed by atoms with Crippen LogP contribution in [0.25, 0.3) is 0 Å². The lowest BCUT2D eigenvalue weighted by molar-refractivity contribution is 0.0764. The number of carbonyl (C=O) groups is 1. The van der Waals surface area contributed by atoms with Crippen molar-refractivity contribution in [2.24, 2.45) is 5.92 Å². The summed E-state index contributed by atoms with van der Waals surface area (Å²) in [6.45, 7) is 5.78. The van der Waals surface area contributed by atoms with Gasteiger partial charge in [-0.3, -0.25) is 4.79 Å². The summed E-state index contributed by atoms with van der Waals surface area (Å²) in [5.41, 5.74) is 1.02. The molecule has 1 atom stereocenters. The fourth-order valence-corrected chi connectivity index (χ4v) is 3.78. The Balaban J connectivity index is 2.09. The van der Waals surface area contributed by atoms with E-state index in [-0.39, 0.29) is 12.5 Å². The minimum absolute atomic E-state index is 0.136. The molecule has 0 bridgehead atoms. The van der Waals surface area contributed by atoms with Crippen molar-refractivity contribution in [1.82, 2.24) is 4.90 Å². The van der Waals surface area contributed by atoms with Crippen LogP contribution in [0.15, 0.2) is 6.07 Å². The van der Waals surface area contributed by atoms with E-state index in [1.165, 1.54) is 24.2 Å². The van der Waals surface area contributed by atoms with Gasteiger partial charge in [0.15, 0.2) is 0 Å². The number of likely N-dealkylation sites (tertiary alicyclic amines) is 1. The van der Waals surface area contributed by atoms with Crippen LogP contribution in [0.4, 0.5) is 0 Å². The average Bonchev–Trinajstić information content (AvgIpc) is 2.72. The van der Waals surface area contributed by atoms with Crippen molar-refractivity contribution in [2.75, 3.05) is 19.7 Å². The second-order valence-corrected chi connectivity index (χ2v) is 6.63. The molecule has 2 heterocycles. The van der Waals surface area contributed by atoms with Crippen LogP contribution in [0.1, 0.15) is 52.7 Å². The lowest BCUT2D eigenvalue weighted by atomic mass is 9.98. The van der Waals surface area contributed by atoms with Gasteiger partial charge in [-0.05, 0) is 43.7 Å². The van der Waals surface area contributed by atoms with E-state index in [4.69, 9.17) is 5.11 Å². The first kappa shape index (κ1) is 16.1. The van der Waals surface area contributed by atoms with Crippen LogP contribution < -0.4 is 0 Å². The number of aliphatic hydroxyl groups excluding tert-OH is 1. The minimum atomic E-state index is -0.148. The molecule has 4 heteroatoms. The average molecular weight is 305 g/mol. The Bertz CT molecular complexity index is 553. The Kier molecular flexibility index (Phi) is 5.84. The van der Waals surface area contributed by atoms with Crippen molar-refractivity contribution >= 4 is 17.2 Å². The van der Waals surface area contributed by atoms with Gasteiger partial charge in [-0.1, -0.05) is 25.2 Å². The van der Waals surface area contributed by atoms with Gasteiger partial charge in [0.05, 0.1) is 9.75 Å². The molecular formula is C17H23NO2S. The molecule has 114 valence electrons. The van der Waals surface area contributed by atoms with Crippen molar-refractivity contribution in [3.8, 4) is 11.8 Å². The molecule has 1 unspecified atom stereocenters. The highest BCUT2D eigenvalue weighted by atomic mass is 32.1. The van der Waals surface area contributed by atoms with Crippen LogP contribution >= 0.6 is 11.3 Å². The predicted octanol–water partition coefficient (Wildman–Crippen LogP) is 3.05. The summed E-state index contributed by atoms with van der Waals surface area (Å²) >= 11 is 1.44. The van der Waals surface area contributed by atoms with Gasteiger partial charge in [-0.25, -0.2) is 0 Å². The van der Waals surface area contributed by atoms with Gasteiger partial charge in [-0.2, -0.15) is 0 Å². The van der Waals surface area contributed by atoms with Gasteiger partial charge in [0.25, 0.3) is 5.91 Å². The molecule has 1 aliphatic heterocycles. The van der Waals surface area contributed by atoms with Crippen LogP contribution in [-0.2, 0) is 0 Å². The van der Waals surface area contributed by atoms with E-state index in [0.29, 0.717) is 0 Å². The number of aryl methyl sites for hydroxylation is 1. The highest BCUT2D eigenvalue weighted by molar-refractivity contribution is 7.14. The topological polar surface area (TPSA) is 40.5 Å². The number of hydrogen-bond donors (Lipinski definition) is 1. The monoisotopic (exact) mass is 305 g/mol. The molecule has 1 N–H and O–H groups in total. The smallest absolute Gasteiger partial charge is 0.263 e. The molecule has 3 nitrogen and oxygen atoms in total. The van der Waals surface area contributed by atoms with Crippen LogP contribution in [-0.4, -0.2) is 35.6 Å². The minimum Gasteiger partial charge on any atom is -0.384 e. The molecule has 21 heavy (non-hydrogen) atoms. The Labute approximate surface area is 131 Å². The lowest BCUT2D eigenvalue weighted by Gasteiger charge is -2.19. The molecule has 1 fully saturated rings. The molecule has 2 rings (SSSR count). The van der Waals surface area contributed by atoms with E-state index in [0.717, 1.165) is 47.2 Å². The molecule has 0 radical (unpaired) electrons. The van der Waals surface area contributed by atoms with Gasteiger partial charge in [-0.15, -0.1) is 11.3 Å². The van der Waals surface area contributed by atoms with Crippen molar-refractivity contribution < 1.29 is 9.90 Å². The predicted molar refractivity (Wildman–Crippen MR) is 86.6 cm³/mol. The molecule has 0 spiro atoms. The summed E-state index contributed by atoms with van der Waals surface area (Å²) in [4.78, 5) is 16.3. The number of amides is 1. The first-order valence-electron chi connectivity index (χ1n) is 7.65. The third kappa shape index (κ3) is 4.09. The summed E-state index contributed by atoms with van der Waals surface area (Å²) in [5, 5.41) is 8.77. The standard InChI is InChI=1S/C17H23NO2S/c1-3-14-6-4-9-18(10-8-14)17(20)16-12-13(2)15(21-16)7-5-11-19/h12,14,19H,3-4,6,8-11H2,1-2H3. The number of hydrogen-bond acceptors (Lipinski definition) is 3. The number of carbonyl (C=O) groups excluding carboxylic acids is 1. The second kappa shape index (κ2) is 7.63. The summed E-state index contributed by atoms with van der Waals surface area (Å²) in [7, 11) is 0. The molecule has 1 saturated heterocycles. The molecular weight excluding hydrogens is 282 g/mol. The third-order valence-corrected chi connectivity index (χ3v) is 5.26. The van der Waals surface area contributed by atoms with E-state index in [1.54, 1.807) is 0 Å². The van der Waals surface area contributed by atoms with Gasteiger partial charge < -0.3 is 10.0 Å². The van der Waals surface area contributed by atoms with Crippen molar-refractivity contribution in [3.63, 3.8) is 0 Å². The maximum absolute atomic E-state index is 12.6. The normalized spacial score (nSPS) is 18.8. The number of nitrogens with zero attached hydrogens (tertiary/aromatic N) is 1. The Morgan fingerprint density at radius 2 is 2.29 bits per heavy atom. The van der Waals surface area contributed by atoms with Crippen LogP contribution in [0, 0.1) is 24.7 Å². The summed E-state index contributed by atoms with van der Waals surface area (Å²) in [6, 6.07) is 1.93. The zero-order valence-corrected chi connectivity index (χ0v) is 13.6. The van der Waals surface area contributed by atoms with Gasteiger partial charge in [0.2, 0.25) is 0 Å². The summed E-state index contributed by atoms with van der Waals surface area (Å²) in [6.07, 6.45) is 4.66. The number of aliphatic hydroxyl groups is 1. The highest BCUT2D eigenvalue weighted by Gasteiger charge is 2.22. The highest BCUT2D eigenvalue weighted by Crippen LogP contribution is 2.25. The first-order valence-corrected chi connectivity index (χ1v) is 8.46. The summed E-state index contributed by atoms with van der Waals surface area (Å²) < 4.78 is 0. The van der Waals surface area contributed by atoms with Crippen molar-refractivity contribution in [2.45, 2.75) is 39.5 Å². The fourth-order valence-electron chi connectivity index (χ4n) is 2.76. The molecule has 1 amide bonds. The van der Waals surface area contributed by atoms with E-state index < -0.39 is 0 Å². The maximum atomic E-state index is 12.6. The Hall–Kier alpha value is -1.31. The third-order valence-electron chi connectivity index (χ3n) is 4.12. The molecule has 0 saturated carbocycles. The molecule has 1 aliphatic rings. The molecule has 1 aromatic heterocycles. The van der Waals surface area contributed by atoms with Gasteiger partial charge >= 0.3 is 0 Å². The SMILES string of the molecule is CCC1CCCN(C(=O)c2cc(C)c(C#CCO)s2)CC1. The molecule has 1 aromatic rings. The second-order valence-electron chi connectivity index (χ2n) is 5.58. The fraction of sp³-hybridized carbons (Fsp3) is 0.588. The van der Waals surface area contributed by atoms with E-state index in [9.17, 15) is 4.79 Å². The maximum Gasteiger partial charge on any atom is 0.263 e. The van der Waals surface area contributed by atoms with Gasteiger partial charge in [0.1, 0.15) is 6.61 Å². The Morgan fingerprint density at radius 1 is 1.48 bits per heavy atom. The van der Waals surface area contributed by atoms with E-state index >= 15 is 0 Å². The van der Waals surface area contributed by atoms with Crippen LogP contribution in [0.2, 0.25) is 0 Å². The molecule has 0 aliphatic carbocycles. The zero-order valence-electron chi connectivity index (χ0n) is 12.8. The van der Waals surface area contributed by atoms with Crippen LogP contribution in [0.5, 0.6) is 0 Å². The first-order chi connectivity index (χ1) is 10.2. The molecule has 0 aromatic carbocycles. The van der Waals surface area contributed by atoms with E-state index in [2.05, 4.69) is 18.8 Å². The lowest BCUT2D eigenvalue weighted by Crippen LogP contribution is -2.31. The quantitative estimate of drug-likeness (QED) is 0.853. The van der Waals surface area contributed by atoms with Gasteiger partial charge in [0, 0.05) is 13.1 Å². The van der Waals surface area contributed by atoms with Crippen molar-refractivity contribution in [1.29, 1.82) is 0 Å². The van der Waals surface area contributed by atoms with E-state index in [1.807, 2.05) is 17.9 Å².